The Hall–Kier alpha value is -2.96. The molecule has 1 heterocycles. The molecule has 0 aliphatic heterocycles. The zero-order chi connectivity index (χ0) is 22.8. The van der Waals surface area contributed by atoms with E-state index in [0.717, 1.165) is 24.8 Å². The van der Waals surface area contributed by atoms with Gasteiger partial charge in [-0.2, -0.15) is 0 Å². The second-order valence-electron chi connectivity index (χ2n) is 7.99. The Kier molecular flexibility index (Phi) is 6.44. The van der Waals surface area contributed by atoms with E-state index < -0.39 is 0 Å². The summed E-state index contributed by atoms with van der Waals surface area (Å²) in [6.07, 6.45) is 4.36. The molecule has 0 saturated heterocycles. The van der Waals surface area contributed by atoms with Crippen LogP contribution in [0, 0.1) is 4.91 Å². The fraction of sp³-hybridized carbons (Fsp3) is 0.250. The number of halogens is 2. The highest BCUT2D eigenvalue weighted by Crippen LogP contribution is 2.32. The van der Waals surface area contributed by atoms with Gasteiger partial charge in [-0.3, -0.25) is 4.79 Å². The number of hydrogen-bond acceptors (Lipinski definition) is 4. The van der Waals surface area contributed by atoms with Gasteiger partial charge in [-0.15, -0.1) is 0 Å². The van der Waals surface area contributed by atoms with Crippen molar-refractivity contribution >= 4 is 46.3 Å². The van der Waals surface area contributed by atoms with Gasteiger partial charge in [0, 0.05) is 41.0 Å². The number of rotatable bonds is 5. The molecule has 0 radical (unpaired) electrons. The van der Waals surface area contributed by atoms with Crippen LogP contribution in [-0.4, -0.2) is 25.0 Å². The van der Waals surface area contributed by atoms with Crippen LogP contribution in [0.5, 0.6) is 0 Å². The minimum atomic E-state index is -0.224. The summed E-state index contributed by atoms with van der Waals surface area (Å²) in [5, 5.41) is 3.85. The molecular formula is C24H23Cl2N4O2+. The molecule has 1 aliphatic carbocycles. The van der Waals surface area contributed by atoms with Gasteiger partial charge in [-0.05, 0) is 41.4 Å². The number of aryl methyl sites for hydroxylation is 1. The number of hydrogen-bond donors (Lipinski definition) is 1. The van der Waals surface area contributed by atoms with Crippen LogP contribution in [0.3, 0.4) is 0 Å². The SMILES string of the molecule is CN(C)c1cc([N+](=O)c2cc(Cl)cc(Cl)c2)ncc1C(=O)NC1CCCc2ccccc21. The number of carbonyl (C=O) groups excluding carboxylic acids is 1. The number of pyridine rings is 1. The van der Waals surface area contributed by atoms with Crippen molar-refractivity contribution in [3.05, 3.63) is 86.4 Å². The average Bonchev–Trinajstić information content (AvgIpc) is 2.77. The zero-order valence-corrected chi connectivity index (χ0v) is 19.3. The fourth-order valence-electron chi connectivity index (χ4n) is 4.02. The van der Waals surface area contributed by atoms with Crippen molar-refractivity contribution in [3.8, 4) is 0 Å². The summed E-state index contributed by atoms with van der Waals surface area (Å²) in [6.45, 7) is 0. The summed E-state index contributed by atoms with van der Waals surface area (Å²) in [6, 6.07) is 14.3. The minimum Gasteiger partial charge on any atom is -0.377 e. The molecule has 0 bridgehead atoms. The van der Waals surface area contributed by atoms with Crippen LogP contribution in [0.1, 0.15) is 40.4 Å². The van der Waals surface area contributed by atoms with Gasteiger partial charge in [0.15, 0.2) is 11.9 Å². The number of anilines is 1. The van der Waals surface area contributed by atoms with E-state index in [2.05, 4.69) is 22.4 Å². The summed E-state index contributed by atoms with van der Waals surface area (Å²) in [5.74, 6) is -0.0932. The Morgan fingerprint density at radius 1 is 1.12 bits per heavy atom. The highest BCUT2D eigenvalue weighted by Gasteiger charge is 2.27. The first-order valence-corrected chi connectivity index (χ1v) is 11.1. The molecule has 4 rings (SSSR count). The lowest BCUT2D eigenvalue weighted by Gasteiger charge is -2.26. The van der Waals surface area contributed by atoms with Crippen LogP contribution in [0.15, 0.2) is 54.7 Å². The lowest BCUT2D eigenvalue weighted by atomic mass is 9.87. The van der Waals surface area contributed by atoms with E-state index in [1.54, 1.807) is 17.0 Å². The Balaban J connectivity index is 1.62. The molecule has 1 amide bonds. The van der Waals surface area contributed by atoms with Crippen molar-refractivity contribution < 1.29 is 4.79 Å². The molecule has 32 heavy (non-hydrogen) atoms. The normalized spacial score (nSPS) is 15.1. The molecule has 1 atom stereocenters. The first-order chi connectivity index (χ1) is 15.3. The third kappa shape index (κ3) is 4.61. The highest BCUT2D eigenvalue weighted by atomic mass is 35.5. The molecule has 8 heteroatoms. The minimum absolute atomic E-state index is 0.0493. The van der Waals surface area contributed by atoms with E-state index >= 15 is 0 Å². The maximum absolute atomic E-state index is 13.2. The Morgan fingerprint density at radius 3 is 2.56 bits per heavy atom. The molecule has 6 nitrogen and oxygen atoms in total. The summed E-state index contributed by atoms with van der Waals surface area (Å²) < 4.78 is 0.643. The van der Waals surface area contributed by atoms with Crippen LogP contribution in [0.2, 0.25) is 10.0 Å². The average molecular weight is 470 g/mol. The molecule has 164 valence electrons. The van der Waals surface area contributed by atoms with Gasteiger partial charge in [0.25, 0.3) is 5.91 Å². The summed E-state index contributed by atoms with van der Waals surface area (Å²) >= 11 is 12.1. The predicted molar refractivity (Wildman–Crippen MR) is 129 cm³/mol. The van der Waals surface area contributed by atoms with Crippen LogP contribution in [-0.2, 0) is 6.42 Å². The van der Waals surface area contributed by atoms with Crippen molar-refractivity contribution in [1.29, 1.82) is 0 Å². The quantitative estimate of drug-likeness (QED) is 0.475. The molecule has 3 aromatic rings. The van der Waals surface area contributed by atoms with E-state index in [1.165, 1.54) is 23.9 Å². The molecule has 2 aromatic carbocycles. The third-order valence-corrected chi connectivity index (χ3v) is 6.00. The number of nitroso groups, excluding NO2 is 1. The van der Waals surface area contributed by atoms with Crippen LogP contribution in [0.25, 0.3) is 0 Å². The van der Waals surface area contributed by atoms with Gasteiger partial charge < -0.3 is 10.2 Å². The van der Waals surface area contributed by atoms with E-state index in [1.807, 2.05) is 26.2 Å². The summed E-state index contributed by atoms with van der Waals surface area (Å²) in [7, 11) is 3.63. The van der Waals surface area contributed by atoms with Crippen LogP contribution in [0.4, 0.5) is 17.2 Å². The predicted octanol–water partition coefficient (Wildman–Crippen LogP) is 5.86. The highest BCUT2D eigenvalue weighted by molar-refractivity contribution is 6.35. The van der Waals surface area contributed by atoms with Gasteiger partial charge in [0.2, 0.25) is 0 Å². The van der Waals surface area contributed by atoms with Gasteiger partial charge >= 0.3 is 5.82 Å². The van der Waals surface area contributed by atoms with Crippen molar-refractivity contribution in [2.24, 2.45) is 0 Å². The fourth-order valence-corrected chi connectivity index (χ4v) is 4.53. The number of aromatic nitrogens is 1. The standard InChI is InChI=1S/C24H22Cl2N4O2/c1-29(2)22-13-23(30(32)18-11-16(25)10-17(26)12-18)27-14-20(22)24(31)28-21-9-5-7-15-6-3-4-8-19(15)21/h3-4,6,8,10-14,21H,5,7,9H2,1-2H3/p+1. The Labute approximate surface area is 196 Å². The van der Waals surface area contributed by atoms with Crippen LogP contribution < -0.4 is 15.0 Å². The molecule has 1 unspecified atom stereocenters. The van der Waals surface area contributed by atoms with Gasteiger partial charge in [0.1, 0.15) is 5.56 Å². The first-order valence-electron chi connectivity index (χ1n) is 10.3. The maximum Gasteiger partial charge on any atom is 0.369 e. The van der Waals surface area contributed by atoms with E-state index in [4.69, 9.17) is 23.2 Å². The van der Waals surface area contributed by atoms with Crippen molar-refractivity contribution in [1.82, 2.24) is 15.1 Å². The van der Waals surface area contributed by atoms with Crippen molar-refractivity contribution in [2.45, 2.75) is 25.3 Å². The van der Waals surface area contributed by atoms with Crippen LogP contribution >= 0.6 is 23.2 Å². The van der Waals surface area contributed by atoms with Crippen molar-refractivity contribution in [2.75, 3.05) is 19.0 Å². The Morgan fingerprint density at radius 2 is 1.84 bits per heavy atom. The number of nitrogens with one attached hydrogen (secondary N) is 1. The summed E-state index contributed by atoms with van der Waals surface area (Å²) in [5.41, 5.74) is 3.68. The molecule has 1 aromatic heterocycles. The second kappa shape index (κ2) is 9.27. The van der Waals surface area contributed by atoms with Gasteiger partial charge in [0.05, 0.1) is 17.8 Å². The van der Waals surface area contributed by atoms with Gasteiger partial charge in [-0.1, -0.05) is 52.4 Å². The van der Waals surface area contributed by atoms with Crippen molar-refractivity contribution in [3.63, 3.8) is 0 Å². The largest absolute Gasteiger partial charge is 0.377 e. The molecule has 0 spiro atoms. The maximum atomic E-state index is 13.2. The molecule has 1 N–H and O–H groups in total. The summed E-state index contributed by atoms with van der Waals surface area (Å²) in [4.78, 5) is 32.1. The third-order valence-electron chi connectivity index (χ3n) is 5.56. The number of benzene rings is 2. The van der Waals surface area contributed by atoms with E-state index in [-0.39, 0.29) is 23.5 Å². The second-order valence-corrected chi connectivity index (χ2v) is 8.87. The van der Waals surface area contributed by atoms with E-state index in [9.17, 15) is 9.70 Å². The first kappa shape index (κ1) is 22.2. The molecule has 0 fully saturated rings. The Bertz CT molecular complexity index is 1180. The number of nitrogens with zero attached hydrogens (tertiary/aromatic N) is 3. The lowest BCUT2D eigenvalue weighted by molar-refractivity contribution is 0.0933. The lowest BCUT2D eigenvalue weighted by Crippen LogP contribution is -2.32. The molecule has 0 saturated carbocycles. The molecule has 1 aliphatic rings. The topological polar surface area (TPSA) is 65.3 Å². The number of fused-ring (bicyclic) bond motifs is 1. The monoisotopic (exact) mass is 469 g/mol. The molecular weight excluding hydrogens is 447 g/mol. The zero-order valence-electron chi connectivity index (χ0n) is 17.8. The van der Waals surface area contributed by atoms with E-state index in [0.29, 0.717) is 26.1 Å². The smallest absolute Gasteiger partial charge is 0.369 e. The van der Waals surface area contributed by atoms with Gasteiger partial charge in [-0.25, -0.2) is 0 Å². The number of amides is 1. The number of carbonyl (C=O) groups is 1.